The van der Waals surface area contributed by atoms with Crippen molar-refractivity contribution >= 4 is 10.0 Å². The Morgan fingerprint density at radius 1 is 1.26 bits per heavy atom. The van der Waals surface area contributed by atoms with Gasteiger partial charge >= 0.3 is 0 Å². The predicted octanol–water partition coefficient (Wildman–Crippen LogP) is 1.86. The second-order valence-electron chi connectivity index (χ2n) is 5.65. The van der Waals surface area contributed by atoms with Crippen LogP contribution < -0.4 is 4.72 Å². The van der Waals surface area contributed by atoms with Gasteiger partial charge in [0.05, 0.1) is 29.8 Å². The van der Waals surface area contributed by atoms with Crippen molar-refractivity contribution in [3.63, 3.8) is 0 Å². The summed E-state index contributed by atoms with van der Waals surface area (Å²) in [5, 5.41) is 4.39. The van der Waals surface area contributed by atoms with Crippen molar-refractivity contribution in [1.82, 2.24) is 14.5 Å². The van der Waals surface area contributed by atoms with Crippen LogP contribution in [0, 0.1) is 0 Å². The minimum absolute atomic E-state index is 0.0869. The third-order valence-electron chi connectivity index (χ3n) is 3.87. The zero-order valence-corrected chi connectivity index (χ0v) is 13.7. The molecule has 1 fully saturated rings. The lowest BCUT2D eigenvalue weighted by molar-refractivity contribution is 0.109. The standard InChI is InChI=1S/C16H21N3O3S/c20-23(21,12-9-16-7-4-11-22-16)17-13-14-8-10-19(18-14)15-5-2-1-3-6-15/h1-3,5-6,8,10,16-17H,4,7,9,11-13H2. The summed E-state index contributed by atoms with van der Waals surface area (Å²) in [5.74, 6) is 0.0943. The lowest BCUT2D eigenvalue weighted by Gasteiger charge is -2.10. The van der Waals surface area contributed by atoms with Gasteiger partial charge in [-0.15, -0.1) is 0 Å². The third kappa shape index (κ3) is 4.63. The molecule has 1 atom stereocenters. The number of hydrogen-bond acceptors (Lipinski definition) is 4. The second kappa shape index (κ2) is 7.25. The van der Waals surface area contributed by atoms with Gasteiger partial charge in [-0.25, -0.2) is 17.8 Å². The Balaban J connectivity index is 1.52. The quantitative estimate of drug-likeness (QED) is 0.838. The normalized spacial score (nSPS) is 18.3. The maximum atomic E-state index is 12.0. The first-order chi connectivity index (χ1) is 11.1. The van der Waals surface area contributed by atoms with E-state index in [0.29, 0.717) is 12.1 Å². The molecule has 0 aliphatic carbocycles. The zero-order chi connectivity index (χ0) is 16.1. The van der Waals surface area contributed by atoms with Crippen molar-refractivity contribution in [3.05, 3.63) is 48.3 Å². The van der Waals surface area contributed by atoms with Crippen molar-refractivity contribution in [2.24, 2.45) is 0 Å². The fourth-order valence-electron chi connectivity index (χ4n) is 2.60. The van der Waals surface area contributed by atoms with Crippen LogP contribution in [0.2, 0.25) is 0 Å². The van der Waals surface area contributed by atoms with Crippen LogP contribution in [0.4, 0.5) is 0 Å². The number of nitrogens with one attached hydrogen (secondary N) is 1. The summed E-state index contributed by atoms with van der Waals surface area (Å²) < 4.78 is 33.9. The lowest BCUT2D eigenvalue weighted by atomic mass is 10.2. The molecule has 0 bridgehead atoms. The Morgan fingerprint density at radius 2 is 2.09 bits per heavy atom. The Kier molecular flexibility index (Phi) is 5.09. The van der Waals surface area contributed by atoms with Gasteiger partial charge in [0.15, 0.2) is 0 Å². The highest BCUT2D eigenvalue weighted by atomic mass is 32.2. The third-order valence-corrected chi connectivity index (χ3v) is 5.23. The molecule has 1 N–H and O–H groups in total. The first-order valence-electron chi connectivity index (χ1n) is 7.81. The van der Waals surface area contributed by atoms with E-state index in [-0.39, 0.29) is 18.4 Å². The van der Waals surface area contributed by atoms with E-state index >= 15 is 0 Å². The number of aromatic nitrogens is 2. The highest BCUT2D eigenvalue weighted by Gasteiger charge is 2.19. The first-order valence-corrected chi connectivity index (χ1v) is 9.46. The minimum Gasteiger partial charge on any atom is -0.378 e. The monoisotopic (exact) mass is 335 g/mol. The van der Waals surface area contributed by atoms with Crippen LogP contribution in [0.15, 0.2) is 42.6 Å². The summed E-state index contributed by atoms with van der Waals surface area (Å²) in [4.78, 5) is 0. The number of rotatable bonds is 7. The van der Waals surface area contributed by atoms with Crippen LogP contribution in [0.25, 0.3) is 5.69 Å². The Labute approximate surface area is 136 Å². The highest BCUT2D eigenvalue weighted by Crippen LogP contribution is 2.15. The summed E-state index contributed by atoms with van der Waals surface area (Å²) in [6.07, 6.45) is 4.44. The predicted molar refractivity (Wildman–Crippen MR) is 87.8 cm³/mol. The van der Waals surface area contributed by atoms with Gasteiger partial charge in [-0.3, -0.25) is 0 Å². The SMILES string of the molecule is O=S(=O)(CCC1CCCO1)NCc1ccn(-c2ccccc2)n1. The number of para-hydroxylation sites is 1. The molecule has 1 saturated heterocycles. The van der Waals surface area contributed by atoms with Gasteiger partial charge in [0.1, 0.15) is 0 Å². The number of sulfonamides is 1. The maximum Gasteiger partial charge on any atom is 0.212 e. The molecule has 0 saturated carbocycles. The summed E-state index contributed by atoms with van der Waals surface area (Å²) in [5.41, 5.74) is 1.63. The molecule has 0 radical (unpaired) electrons. The van der Waals surface area contributed by atoms with Gasteiger partial charge in [0, 0.05) is 12.8 Å². The van der Waals surface area contributed by atoms with Crippen LogP contribution in [-0.2, 0) is 21.3 Å². The molecule has 2 heterocycles. The summed E-state index contributed by atoms with van der Waals surface area (Å²) in [6, 6.07) is 11.5. The molecule has 0 spiro atoms. The second-order valence-corrected chi connectivity index (χ2v) is 7.58. The van der Waals surface area contributed by atoms with Gasteiger partial charge in [0.2, 0.25) is 10.0 Å². The molecule has 124 valence electrons. The first kappa shape index (κ1) is 16.2. The Morgan fingerprint density at radius 3 is 2.83 bits per heavy atom. The van der Waals surface area contributed by atoms with E-state index in [2.05, 4.69) is 9.82 Å². The average Bonchev–Trinajstić information content (AvgIpc) is 3.24. The summed E-state index contributed by atoms with van der Waals surface area (Å²) in [7, 11) is -3.30. The van der Waals surface area contributed by atoms with E-state index in [4.69, 9.17) is 4.74 Å². The molecule has 6 nitrogen and oxygen atoms in total. The van der Waals surface area contributed by atoms with Gasteiger partial charge in [-0.05, 0) is 37.5 Å². The topological polar surface area (TPSA) is 73.2 Å². The van der Waals surface area contributed by atoms with Crippen molar-refractivity contribution in [1.29, 1.82) is 0 Å². The van der Waals surface area contributed by atoms with Crippen LogP contribution in [-0.4, -0.2) is 36.7 Å². The van der Waals surface area contributed by atoms with Crippen LogP contribution >= 0.6 is 0 Å². The molecule has 3 rings (SSSR count). The summed E-state index contributed by atoms with van der Waals surface area (Å²) in [6.45, 7) is 0.947. The van der Waals surface area contributed by atoms with Gasteiger partial charge in [-0.2, -0.15) is 5.10 Å². The van der Waals surface area contributed by atoms with E-state index in [1.54, 1.807) is 4.68 Å². The van der Waals surface area contributed by atoms with Crippen molar-refractivity contribution < 1.29 is 13.2 Å². The van der Waals surface area contributed by atoms with Crippen molar-refractivity contribution in [2.75, 3.05) is 12.4 Å². The number of nitrogens with zero attached hydrogens (tertiary/aromatic N) is 2. The van der Waals surface area contributed by atoms with Crippen molar-refractivity contribution in [3.8, 4) is 5.69 Å². The van der Waals surface area contributed by atoms with E-state index in [1.165, 1.54) is 0 Å². The maximum absolute atomic E-state index is 12.0. The molecule has 2 aromatic rings. The minimum atomic E-state index is -3.30. The fraction of sp³-hybridized carbons (Fsp3) is 0.438. The molecule has 1 aromatic carbocycles. The van der Waals surface area contributed by atoms with E-state index in [1.807, 2.05) is 42.6 Å². The molecule has 1 unspecified atom stereocenters. The van der Waals surface area contributed by atoms with Gasteiger partial charge in [0.25, 0.3) is 0 Å². The Bertz CT molecular complexity index is 722. The molecular weight excluding hydrogens is 314 g/mol. The number of ether oxygens (including phenoxy) is 1. The van der Waals surface area contributed by atoms with Crippen LogP contribution in [0.5, 0.6) is 0 Å². The average molecular weight is 335 g/mol. The van der Waals surface area contributed by atoms with E-state index in [0.717, 1.165) is 25.1 Å². The molecule has 7 heteroatoms. The largest absolute Gasteiger partial charge is 0.378 e. The van der Waals surface area contributed by atoms with Gasteiger partial charge < -0.3 is 4.74 Å². The summed E-state index contributed by atoms with van der Waals surface area (Å²) >= 11 is 0. The lowest BCUT2D eigenvalue weighted by Crippen LogP contribution is -2.28. The molecule has 23 heavy (non-hydrogen) atoms. The molecule has 1 aliphatic rings. The zero-order valence-electron chi connectivity index (χ0n) is 12.9. The number of benzene rings is 1. The molecule has 0 amide bonds. The smallest absolute Gasteiger partial charge is 0.212 e. The molecule has 1 aliphatic heterocycles. The van der Waals surface area contributed by atoms with Crippen molar-refractivity contribution in [2.45, 2.75) is 31.9 Å². The van der Waals surface area contributed by atoms with Crippen LogP contribution in [0.3, 0.4) is 0 Å². The highest BCUT2D eigenvalue weighted by molar-refractivity contribution is 7.89. The molecular formula is C16H21N3O3S. The van der Waals surface area contributed by atoms with Gasteiger partial charge in [-0.1, -0.05) is 18.2 Å². The number of hydrogen-bond donors (Lipinski definition) is 1. The Hall–Kier alpha value is -1.70. The van der Waals surface area contributed by atoms with Crippen LogP contribution in [0.1, 0.15) is 25.0 Å². The molecule has 1 aromatic heterocycles. The fourth-order valence-corrected chi connectivity index (χ4v) is 3.68. The van der Waals surface area contributed by atoms with E-state index in [9.17, 15) is 8.42 Å². The van der Waals surface area contributed by atoms with E-state index < -0.39 is 10.0 Å².